The Morgan fingerprint density at radius 3 is 2.19 bits per heavy atom. The van der Waals surface area contributed by atoms with Gasteiger partial charge in [0.2, 0.25) is 0 Å². The van der Waals surface area contributed by atoms with E-state index in [2.05, 4.69) is 0 Å². The molecule has 2 heterocycles. The first-order chi connectivity index (χ1) is 14.4. The molecule has 0 aromatic heterocycles. The number of aliphatic hydroxyl groups excluding tert-OH is 5. The zero-order valence-electron chi connectivity index (χ0n) is 17.3. The lowest BCUT2D eigenvalue weighted by molar-refractivity contribution is -0.401. The predicted molar refractivity (Wildman–Crippen MR) is 95.7 cm³/mol. The van der Waals surface area contributed by atoms with Gasteiger partial charge in [0.1, 0.15) is 30.3 Å². The van der Waals surface area contributed by atoms with Crippen molar-refractivity contribution in [3.05, 3.63) is 0 Å². The summed E-state index contributed by atoms with van der Waals surface area (Å²) >= 11 is 0. The molecular weight excluding hydrogens is 424 g/mol. The average Bonchev–Trinajstić information content (AvgIpc) is 2.91. The standard InChI is InChI=1S/C18H30O13/c1-17(25)7(20)4-18(26)8(13(24)27-2)14(28-3)30-16(12(17)18)31-15-11(23)10(22)9(21)6(5-19)29-15/h6-12,14-16,19-23,25-26H,4-5H2,1-3H3/t6-,7+,8+,9-,10+,11-,12-,14+,15+,16+,17+,18+/m1/s1. The first-order valence-corrected chi connectivity index (χ1v) is 9.78. The molecule has 0 unspecified atom stereocenters. The highest BCUT2D eigenvalue weighted by Crippen LogP contribution is 2.54. The van der Waals surface area contributed by atoms with E-state index < -0.39 is 91.4 Å². The van der Waals surface area contributed by atoms with Crippen LogP contribution in [0, 0.1) is 11.8 Å². The van der Waals surface area contributed by atoms with Crippen molar-refractivity contribution in [3.63, 3.8) is 0 Å². The van der Waals surface area contributed by atoms with Gasteiger partial charge in [-0.2, -0.15) is 0 Å². The van der Waals surface area contributed by atoms with Crippen molar-refractivity contribution in [1.82, 2.24) is 0 Å². The number of hydrogen-bond donors (Lipinski definition) is 7. The molecule has 0 aromatic carbocycles. The second-order valence-corrected chi connectivity index (χ2v) is 8.36. The van der Waals surface area contributed by atoms with Gasteiger partial charge in [-0.3, -0.25) is 4.79 Å². The van der Waals surface area contributed by atoms with Crippen molar-refractivity contribution in [1.29, 1.82) is 0 Å². The molecule has 0 spiro atoms. The molecule has 1 aliphatic carbocycles. The Bertz CT molecular complexity index is 656. The van der Waals surface area contributed by atoms with Crippen LogP contribution in [0.25, 0.3) is 0 Å². The molecule has 0 radical (unpaired) electrons. The van der Waals surface area contributed by atoms with Crippen molar-refractivity contribution in [2.24, 2.45) is 11.8 Å². The summed E-state index contributed by atoms with van der Waals surface area (Å²) in [7, 11) is 2.28. The van der Waals surface area contributed by atoms with Crippen LogP contribution in [0.15, 0.2) is 0 Å². The van der Waals surface area contributed by atoms with Crippen LogP contribution in [0.1, 0.15) is 13.3 Å². The van der Waals surface area contributed by atoms with Gasteiger partial charge in [0.05, 0.1) is 36.9 Å². The van der Waals surface area contributed by atoms with E-state index >= 15 is 0 Å². The first-order valence-electron chi connectivity index (χ1n) is 9.78. The maximum atomic E-state index is 12.4. The molecule has 13 nitrogen and oxygen atoms in total. The first kappa shape index (κ1) is 24.7. The number of hydrogen-bond acceptors (Lipinski definition) is 13. The van der Waals surface area contributed by atoms with Gasteiger partial charge in [-0.05, 0) is 6.92 Å². The normalized spacial score (nSPS) is 52.6. The van der Waals surface area contributed by atoms with Crippen LogP contribution >= 0.6 is 0 Å². The van der Waals surface area contributed by atoms with Gasteiger partial charge in [-0.1, -0.05) is 0 Å². The molecule has 31 heavy (non-hydrogen) atoms. The molecule has 0 amide bonds. The summed E-state index contributed by atoms with van der Waals surface area (Å²) in [5.74, 6) is -3.81. The molecule has 0 aromatic rings. The topological polar surface area (TPSA) is 205 Å². The van der Waals surface area contributed by atoms with Crippen LogP contribution in [0.4, 0.5) is 0 Å². The van der Waals surface area contributed by atoms with E-state index in [-0.39, 0.29) is 0 Å². The van der Waals surface area contributed by atoms with Crippen molar-refractivity contribution in [2.75, 3.05) is 20.8 Å². The van der Waals surface area contributed by atoms with Gasteiger partial charge in [0, 0.05) is 13.5 Å². The molecule has 3 aliphatic rings. The third-order valence-electron chi connectivity index (χ3n) is 6.52. The zero-order valence-corrected chi connectivity index (χ0v) is 17.3. The summed E-state index contributed by atoms with van der Waals surface area (Å²) in [6.07, 6.45) is -13.1. The van der Waals surface area contributed by atoms with Crippen molar-refractivity contribution in [3.8, 4) is 0 Å². The highest BCUT2D eigenvalue weighted by molar-refractivity contribution is 5.75. The molecule has 7 N–H and O–H groups in total. The summed E-state index contributed by atoms with van der Waals surface area (Å²) in [4.78, 5) is 12.4. The van der Waals surface area contributed by atoms with Crippen LogP contribution in [0.3, 0.4) is 0 Å². The number of esters is 1. The number of fused-ring (bicyclic) bond motifs is 1. The minimum atomic E-state index is -2.10. The van der Waals surface area contributed by atoms with Gasteiger partial charge in [0.25, 0.3) is 0 Å². The molecule has 180 valence electrons. The SMILES string of the molecule is COC(=O)[C@H]1[C@@H](OC)O[C@@H](O[C@@H]2O[C@H](CO)[C@@H](O)[C@H](O)[C@H]2O)[C@@H]2[C@@](C)(O)[C@@H](O)C[C@@]21O. The van der Waals surface area contributed by atoms with Crippen LogP contribution in [0.2, 0.25) is 0 Å². The summed E-state index contributed by atoms with van der Waals surface area (Å²) < 4.78 is 26.5. The van der Waals surface area contributed by atoms with Gasteiger partial charge in [0.15, 0.2) is 18.9 Å². The highest BCUT2D eigenvalue weighted by Gasteiger charge is 2.71. The number of carbonyl (C=O) groups excluding carboxylic acids is 1. The number of rotatable bonds is 5. The lowest BCUT2D eigenvalue weighted by Crippen LogP contribution is -2.67. The minimum Gasteiger partial charge on any atom is -0.469 e. The maximum Gasteiger partial charge on any atom is 0.316 e. The molecule has 0 bridgehead atoms. The van der Waals surface area contributed by atoms with Gasteiger partial charge in [-0.15, -0.1) is 0 Å². The van der Waals surface area contributed by atoms with E-state index in [9.17, 15) is 40.5 Å². The minimum absolute atomic E-state index is 0.442. The molecule has 3 rings (SSSR count). The van der Waals surface area contributed by atoms with Gasteiger partial charge >= 0.3 is 5.97 Å². The summed E-state index contributed by atoms with van der Waals surface area (Å²) in [5, 5.41) is 72.3. The Kier molecular flexibility index (Phi) is 6.97. The van der Waals surface area contributed by atoms with E-state index in [1.165, 1.54) is 14.0 Å². The molecule has 3 fully saturated rings. The monoisotopic (exact) mass is 454 g/mol. The van der Waals surface area contributed by atoms with Crippen LogP contribution < -0.4 is 0 Å². The molecule has 13 heteroatoms. The highest BCUT2D eigenvalue weighted by atomic mass is 16.8. The largest absolute Gasteiger partial charge is 0.469 e. The average molecular weight is 454 g/mol. The second-order valence-electron chi connectivity index (χ2n) is 8.36. The van der Waals surface area contributed by atoms with Gasteiger partial charge < -0.3 is 59.4 Å². The third kappa shape index (κ3) is 3.87. The summed E-state index contributed by atoms with van der Waals surface area (Å²) in [6, 6.07) is 0. The smallest absolute Gasteiger partial charge is 0.316 e. The van der Waals surface area contributed by atoms with E-state index in [0.717, 1.165) is 7.11 Å². The maximum absolute atomic E-state index is 12.4. The molecule has 2 saturated heterocycles. The second kappa shape index (κ2) is 8.76. The Hall–Kier alpha value is -0.970. The van der Waals surface area contributed by atoms with Crippen molar-refractivity contribution >= 4 is 5.97 Å². The Labute approximate surface area is 177 Å². The van der Waals surface area contributed by atoms with E-state index in [4.69, 9.17) is 23.7 Å². The van der Waals surface area contributed by atoms with E-state index in [1.807, 2.05) is 0 Å². The van der Waals surface area contributed by atoms with Crippen molar-refractivity contribution in [2.45, 2.75) is 73.9 Å². The number of carbonyl (C=O) groups is 1. The summed E-state index contributed by atoms with van der Waals surface area (Å²) in [6.45, 7) is 0.514. The fourth-order valence-corrected chi connectivity index (χ4v) is 4.77. The summed E-state index contributed by atoms with van der Waals surface area (Å²) in [5.41, 5.74) is -4.12. The Balaban J connectivity index is 1.96. The van der Waals surface area contributed by atoms with E-state index in [0.29, 0.717) is 0 Å². The van der Waals surface area contributed by atoms with Gasteiger partial charge in [-0.25, -0.2) is 0 Å². The van der Waals surface area contributed by atoms with Crippen LogP contribution in [-0.2, 0) is 28.5 Å². The number of aliphatic hydroxyl groups is 7. The van der Waals surface area contributed by atoms with Crippen LogP contribution in [0.5, 0.6) is 0 Å². The number of methoxy groups -OCH3 is 2. The number of ether oxygens (including phenoxy) is 5. The lowest BCUT2D eigenvalue weighted by atomic mass is 9.72. The molecule has 12 atom stereocenters. The molecular formula is C18H30O13. The van der Waals surface area contributed by atoms with Crippen LogP contribution in [-0.4, -0.2) is 123 Å². The Morgan fingerprint density at radius 2 is 1.65 bits per heavy atom. The lowest BCUT2D eigenvalue weighted by Gasteiger charge is -2.51. The predicted octanol–water partition coefficient (Wildman–Crippen LogP) is -4.22. The fourth-order valence-electron chi connectivity index (χ4n) is 4.77. The zero-order chi connectivity index (χ0) is 23.3. The quantitative estimate of drug-likeness (QED) is 0.197. The van der Waals surface area contributed by atoms with E-state index in [1.54, 1.807) is 0 Å². The third-order valence-corrected chi connectivity index (χ3v) is 6.52. The van der Waals surface area contributed by atoms with Crippen molar-refractivity contribution < 1.29 is 64.2 Å². The molecule has 1 saturated carbocycles. The fraction of sp³-hybridized carbons (Fsp3) is 0.944. The Morgan fingerprint density at radius 1 is 1.00 bits per heavy atom. The molecule has 2 aliphatic heterocycles.